The molecule has 0 N–H and O–H groups in total. The second-order valence-electron chi connectivity index (χ2n) is 8.02. The smallest absolute Gasteiger partial charge is 0.131 e. The van der Waals surface area contributed by atoms with Crippen molar-refractivity contribution < 1.29 is 9.13 Å². The first-order valence-corrected chi connectivity index (χ1v) is 10.7. The van der Waals surface area contributed by atoms with E-state index in [9.17, 15) is 4.39 Å². The van der Waals surface area contributed by atoms with Crippen molar-refractivity contribution >= 4 is 25.4 Å². The Balaban J connectivity index is 1.63. The number of ether oxygens (including phenoxy) is 1. The lowest BCUT2D eigenvalue weighted by Gasteiger charge is -2.11. The molecular weight excluding hydrogens is 392 g/mol. The van der Waals surface area contributed by atoms with Crippen LogP contribution in [0.5, 0.6) is 5.75 Å². The Morgan fingerprint density at radius 2 is 1.67 bits per heavy atom. The van der Waals surface area contributed by atoms with Crippen molar-refractivity contribution in [1.29, 1.82) is 0 Å². The van der Waals surface area contributed by atoms with Gasteiger partial charge < -0.3 is 4.74 Å². The molecule has 1 unspecified atom stereocenters. The summed E-state index contributed by atoms with van der Waals surface area (Å²) in [6.45, 7) is 6.94. The number of nitrogens with zero attached hydrogens (tertiary/aromatic N) is 1. The van der Waals surface area contributed by atoms with E-state index >= 15 is 0 Å². The lowest BCUT2D eigenvalue weighted by atomic mass is 10.0. The number of aryl methyl sites for hydroxylation is 1. The maximum atomic E-state index is 15.0. The van der Waals surface area contributed by atoms with Gasteiger partial charge in [-0.25, -0.2) is 9.37 Å². The van der Waals surface area contributed by atoms with Gasteiger partial charge in [0.1, 0.15) is 11.6 Å². The molecule has 2 nitrogen and oxygen atoms in total. The first kappa shape index (κ1) is 20.5. The van der Waals surface area contributed by atoms with Gasteiger partial charge in [0, 0.05) is 16.5 Å². The Kier molecular flexibility index (Phi) is 5.83. The second kappa shape index (κ2) is 8.53. The third-order valence-electron chi connectivity index (χ3n) is 5.05. The van der Waals surface area contributed by atoms with Gasteiger partial charge in [0.05, 0.1) is 17.8 Å². The number of hydrogen-bond donors (Lipinski definition) is 0. The van der Waals surface area contributed by atoms with Crippen LogP contribution in [0.15, 0.2) is 66.7 Å². The normalized spacial score (nSPS) is 11.3. The summed E-state index contributed by atoms with van der Waals surface area (Å²) < 4.78 is 20.7. The van der Waals surface area contributed by atoms with Crippen molar-refractivity contribution in [2.45, 2.75) is 20.8 Å². The van der Waals surface area contributed by atoms with Crippen LogP contribution in [0.2, 0.25) is 0 Å². The zero-order chi connectivity index (χ0) is 21.3. The molecule has 0 aliphatic rings. The average Bonchev–Trinajstić information content (AvgIpc) is 2.73. The van der Waals surface area contributed by atoms with E-state index in [1.54, 1.807) is 6.07 Å². The molecule has 4 heteroatoms. The molecule has 0 aliphatic carbocycles. The van der Waals surface area contributed by atoms with Gasteiger partial charge in [-0.1, -0.05) is 44.2 Å². The minimum Gasteiger partial charge on any atom is -0.493 e. The Morgan fingerprint density at radius 1 is 0.933 bits per heavy atom. The number of pyridine rings is 1. The minimum absolute atomic E-state index is 0.261. The summed E-state index contributed by atoms with van der Waals surface area (Å²) in [5.74, 6) is 1.00. The molecule has 0 amide bonds. The number of benzene rings is 3. The van der Waals surface area contributed by atoms with Crippen molar-refractivity contribution in [3.05, 3.63) is 78.1 Å². The third-order valence-corrected chi connectivity index (χ3v) is 5.41. The van der Waals surface area contributed by atoms with E-state index in [4.69, 9.17) is 9.72 Å². The van der Waals surface area contributed by atoms with Crippen molar-refractivity contribution in [2.75, 3.05) is 6.61 Å². The molecule has 0 fully saturated rings. The summed E-state index contributed by atoms with van der Waals surface area (Å²) in [5.41, 5.74) is 4.98. The van der Waals surface area contributed by atoms with Crippen LogP contribution in [-0.4, -0.2) is 11.6 Å². The fourth-order valence-electron chi connectivity index (χ4n) is 3.46. The van der Waals surface area contributed by atoms with Gasteiger partial charge in [-0.3, -0.25) is 0 Å². The third kappa shape index (κ3) is 4.37. The number of aromatic nitrogens is 1. The minimum atomic E-state index is -0.261. The summed E-state index contributed by atoms with van der Waals surface area (Å²) >= 11 is 0. The predicted octanol–water partition coefficient (Wildman–Crippen LogP) is 6.55. The molecule has 4 rings (SSSR count). The predicted molar refractivity (Wildman–Crippen MR) is 127 cm³/mol. The van der Waals surface area contributed by atoms with Gasteiger partial charge in [-0.2, -0.15) is 0 Å². The molecular formula is C26H25FNOP. The van der Waals surface area contributed by atoms with Crippen LogP contribution in [0.1, 0.15) is 19.4 Å². The quantitative estimate of drug-likeness (QED) is 0.344. The zero-order valence-corrected chi connectivity index (χ0v) is 18.6. The van der Waals surface area contributed by atoms with Gasteiger partial charge in [0.25, 0.3) is 0 Å². The van der Waals surface area contributed by atoms with E-state index in [0.717, 1.165) is 44.3 Å². The highest BCUT2D eigenvalue weighted by molar-refractivity contribution is 7.27. The summed E-state index contributed by atoms with van der Waals surface area (Å²) in [7, 11) is 2.71. The van der Waals surface area contributed by atoms with E-state index in [-0.39, 0.29) is 5.82 Å². The van der Waals surface area contributed by atoms with Crippen molar-refractivity contribution in [3.63, 3.8) is 0 Å². The molecule has 1 atom stereocenters. The van der Waals surface area contributed by atoms with Crippen LogP contribution in [0.25, 0.3) is 33.3 Å². The van der Waals surface area contributed by atoms with Gasteiger partial charge >= 0.3 is 0 Å². The maximum Gasteiger partial charge on any atom is 0.131 e. The molecule has 0 saturated heterocycles. The van der Waals surface area contributed by atoms with E-state index < -0.39 is 0 Å². The van der Waals surface area contributed by atoms with E-state index in [1.807, 2.05) is 54.6 Å². The summed E-state index contributed by atoms with van der Waals surface area (Å²) in [6.07, 6.45) is 0. The van der Waals surface area contributed by atoms with Crippen molar-refractivity contribution in [1.82, 2.24) is 4.98 Å². The lowest BCUT2D eigenvalue weighted by molar-refractivity contribution is 0.271. The summed E-state index contributed by atoms with van der Waals surface area (Å²) in [5, 5.41) is 2.24. The highest BCUT2D eigenvalue weighted by atomic mass is 31.0. The first-order valence-electron chi connectivity index (χ1n) is 10.1. The number of rotatable bonds is 5. The fourth-order valence-corrected chi connectivity index (χ4v) is 3.72. The monoisotopic (exact) mass is 417 g/mol. The Labute approximate surface area is 179 Å². The van der Waals surface area contributed by atoms with Crippen LogP contribution in [0.3, 0.4) is 0 Å². The van der Waals surface area contributed by atoms with Gasteiger partial charge in [0.15, 0.2) is 0 Å². The Hall–Kier alpha value is -2.77. The van der Waals surface area contributed by atoms with Crippen LogP contribution in [-0.2, 0) is 0 Å². The highest BCUT2D eigenvalue weighted by Gasteiger charge is 2.11. The fraction of sp³-hybridized carbons (Fsp3) is 0.192. The number of halogens is 1. The Bertz CT molecular complexity index is 1200. The van der Waals surface area contributed by atoms with E-state index in [0.29, 0.717) is 18.1 Å². The van der Waals surface area contributed by atoms with Crippen LogP contribution in [0.4, 0.5) is 4.39 Å². The van der Waals surface area contributed by atoms with Gasteiger partial charge in [0.2, 0.25) is 0 Å². The molecule has 1 heterocycles. The summed E-state index contributed by atoms with van der Waals surface area (Å²) in [4.78, 5) is 4.74. The molecule has 30 heavy (non-hydrogen) atoms. The molecule has 152 valence electrons. The second-order valence-corrected chi connectivity index (χ2v) is 8.69. The summed E-state index contributed by atoms with van der Waals surface area (Å²) in [6, 6.07) is 21.0. The first-order chi connectivity index (χ1) is 14.4. The van der Waals surface area contributed by atoms with Gasteiger partial charge in [-0.15, -0.1) is 9.24 Å². The van der Waals surface area contributed by atoms with Crippen LogP contribution in [0, 0.1) is 18.7 Å². The maximum absolute atomic E-state index is 15.0. The molecule has 0 saturated carbocycles. The topological polar surface area (TPSA) is 22.1 Å². The van der Waals surface area contributed by atoms with Crippen LogP contribution >= 0.6 is 9.24 Å². The largest absolute Gasteiger partial charge is 0.493 e. The number of hydrogen-bond acceptors (Lipinski definition) is 2. The molecule has 4 aromatic rings. The molecule has 0 aliphatic heterocycles. The highest BCUT2D eigenvalue weighted by Crippen LogP contribution is 2.30. The van der Waals surface area contributed by atoms with Crippen molar-refractivity contribution in [3.8, 4) is 28.1 Å². The molecule has 0 bridgehead atoms. The van der Waals surface area contributed by atoms with Crippen molar-refractivity contribution in [2.24, 2.45) is 5.92 Å². The SMILES string of the molecule is Cc1cc(-c2ccc(-c3ccc(OCC(C)C)cc3)c(F)c2)nc2ccc(P)cc12. The number of fused-ring (bicyclic) bond motifs is 1. The molecule has 3 aromatic carbocycles. The van der Waals surface area contributed by atoms with E-state index in [2.05, 4.69) is 36.1 Å². The molecule has 0 radical (unpaired) electrons. The van der Waals surface area contributed by atoms with Gasteiger partial charge in [-0.05, 0) is 65.7 Å². The molecule has 0 spiro atoms. The zero-order valence-electron chi connectivity index (χ0n) is 17.4. The van der Waals surface area contributed by atoms with Crippen LogP contribution < -0.4 is 10.0 Å². The molecule has 1 aromatic heterocycles. The Morgan fingerprint density at radius 3 is 2.37 bits per heavy atom. The standard InChI is InChI=1S/C26H25FNOP/c1-16(2)15-29-20-7-4-18(5-8-20)22-10-6-19(13-24(22)27)26-12-17(3)23-14-21(30)9-11-25(23)28-26/h4-14,16H,15,30H2,1-3H3. The lowest BCUT2D eigenvalue weighted by Crippen LogP contribution is -2.04. The van der Waals surface area contributed by atoms with E-state index in [1.165, 1.54) is 0 Å². The average molecular weight is 417 g/mol.